The van der Waals surface area contributed by atoms with Crippen molar-refractivity contribution in [2.45, 2.75) is 46.6 Å². The maximum atomic E-state index is 12.1. The molecule has 1 N–H and O–H groups in total. The van der Waals surface area contributed by atoms with Crippen molar-refractivity contribution in [1.82, 2.24) is 10.2 Å². The van der Waals surface area contributed by atoms with E-state index in [-0.39, 0.29) is 5.91 Å². The highest BCUT2D eigenvalue weighted by atomic mass is 16.2. The van der Waals surface area contributed by atoms with Gasteiger partial charge in [0.15, 0.2) is 0 Å². The van der Waals surface area contributed by atoms with Gasteiger partial charge in [-0.15, -0.1) is 0 Å². The Kier molecular flexibility index (Phi) is 5.18. The first-order valence-corrected chi connectivity index (χ1v) is 7.63. The van der Waals surface area contributed by atoms with E-state index in [1.54, 1.807) is 0 Å². The average molecular weight is 274 g/mol. The number of benzene rings is 1. The van der Waals surface area contributed by atoms with E-state index >= 15 is 0 Å². The van der Waals surface area contributed by atoms with Crippen LogP contribution in [0.5, 0.6) is 0 Å². The standard InChI is InChI=1S/C17H26N2O/c1-13-9-15(3)16(10-14(13)2)11-18-12-17(20)19-7-5-4-6-8-19/h9-10,18H,4-8,11-12H2,1-3H3. The third-order valence-electron chi connectivity index (χ3n) is 4.25. The van der Waals surface area contributed by atoms with Crippen LogP contribution in [0, 0.1) is 20.8 Å². The van der Waals surface area contributed by atoms with Crippen LogP contribution in [0.15, 0.2) is 12.1 Å². The zero-order chi connectivity index (χ0) is 14.5. The maximum absolute atomic E-state index is 12.1. The first-order valence-electron chi connectivity index (χ1n) is 7.63. The van der Waals surface area contributed by atoms with Crippen molar-refractivity contribution in [1.29, 1.82) is 0 Å². The summed E-state index contributed by atoms with van der Waals surface area (Å²) in [7, 11) is 0. The minimum Gasteiger partial charge on any atom is -0.342 e. The van der Waals surface area contributed by atoms with E-state index in [9.17, 15) is 4.79 Å². The van der Waals surface area contributed by atoms with Gasteiger partial charge in [0.2, 0.25) is 5.91 Å². The molecule has 2 rings (SSSR count). The zero-order valence-corrected chi connectivity index (χ0v) is 13.0. The van der Waals surface area contributed by atoms with Gasteiger partial charge < -0.3 is 10.2 Å². The summed E-state index contributed by atoms with van der Waals surface area (Å²) in [6, 6.07) is 4.45. The predicted molar refractivity (Wildman–Crippen MR) is 82.8 cm³/mol. The molecule has 1 aliphatic heterocycles. The number of nitrogens with zero attached hydrogens (tertiary/aromatic N) is 1. The van der Waals surface area contributed by atoms with E-state index in [0.717, 1.165) is 32.5 Å². The molecule has 3 heteroatoms. The van der Waals surface area contributed by atoms with Gasteiger partial charge in [-0.25, -0.2) is 0 Å². The minimum absolute atomic E-state index is 0.242. The normalized spacial score (nSPS) is 15.4. The Morgan fingerprint density at radius 3 is 2.40 bits per heavy atom. The van der Waals surface area contributed by atoms with Crippen LogP contribution in [0.3, 0.4) is 0 Å². The highest BCUT2D eigenvalue weighted by Crippen LogP contribution is 2.15. The van der Waals surface area contributed by atoms with Crippen LogP contribution in [0.25, 0.3) is 0 Å². The van der Waals surface area contributed by atoms with Crippen molar-refractivity contribution >= 4 is 5.91 Å². The van der Waals surface area contributed by atoms with Gasteiger partial charge in [0.05, 0.1) is 6.54 Å². The molecule has 1 saturated heterocycles. The highest BCUT2D eigenvalue weighted by Gasteiger charge is 2.15. The lowest BCUT2D eigenvalue weighted by Gasteiger charge is -2.26. The third-order valence-corrected chi connectivity index (χ3v) is 4.25. The van der Waals surface area contributed by atoms with Gasteiger partial charge in [-0.1, -0.05) is 12.1 Å². The van der Waals surface area contributed by atoms with E-state index in [4.69, 9.17) is 0 Å². The summed E-state index contributed by atoms with van der Waals surface area (Å²) < 4.78 is 0. The molecule has 0 saturated carbocycles. The van der Waals surface area contributed by atoms with Crippen molar-refractivity contribution < 1.29 is 4.79 Å². The van der Waals surface area contributed by atoms with Crippen LogP contribution in [-0.2, 0) is 11.3 Å². The summed E-state index contributed by atoms with van der Waals surface area (Å²) in [5, 5.41) is 3.30. The Hall–Kier alpha value is -1.35. The molecule has 0 atom stereocenters. The molecule has 0 spiro atoms. The number of carbonyl (C=O) groups excluding carboxylic acids is 1. The summed E-state index contributed by atoms with van der Waals surface area (Å²) in [6.45, 7) is 9.50. The number of hydrogen-bond donors (Lipinski definition) is 1. The lowest BCUT2D eigenvalue weighted by atomic mass is 10.0. The van der Waals surface area contributed by atoms with Crippen molar-refractivity contribution in [3.8, 4) is 0 Å². The number of piperidine rings is 1. The summed E-state index contributed by atoms with van der Waals surface area (Å²) >= 11 is 0. The highest BCUT2D eigenvalue weighted by molar-refractivity contribution is 5.78. The summed E-state index contributed by atoms with van der Waals surface area (Å²) in [5.41, 5.74) is 5.23. The van der Waals surface area contributed by atoms with Crippen LogP contribution in [0.1, 0.15) is 41.5 Å². The fraction of sp³-hybridized carbons (Fsp3) is 0.588. The van der Waals surface area contributed by atoms with Crippen LogP contribution >= 0.6 is 0 Å². The smallest absolute Gasteiger partial charge is 0.236 e. The molecule has 0 unspecified atom stereocenters. The van der Waals surface area contributed by atoms with Gasteiger partial charge in [0.1, 0.15) is 0 Å². The van der Waals surface area contributed by atoms with Gasteiger partial charge in [-0.3, -0.25) is 4.79 Å². The quantitative estimate of drug-likeness (QED) is 0.915. The molecule has 1 amide bonds. The first-order chi connectivity index (χ1) is 9.58. The third kappa shape index (κ3) is 3.83. The number of amides is 1. The molecule has 0 bridgehead atoms. The fourth-order valence-corrected chi connectivity index (χ4v) is 2.77. The van der Waals surface area contributed by atoms with Crippen molar-refractivity contribution in [3.05, 3.63) is 34.4 Å². The van der Waals surface area contributed by atoms with Crippen LogP contribution < -0.4 is 5.32 Å². The van der Waals surface area contributed by atoms with Crippen molar-refractivity contribution in [2.24, 2.45) is 0 Å². The number of carbonyl (C=O) groups is 1. The molecule has 1 aliphatic rings. The zero-order valence-electron chi connectivity index (χ0n) is 13.0. The second-order valence-corrected chi connectivity index (χ2v) is 5.91. The average Bonchev–Trinajstić information content (AvgIpc) is 2.45. The van der Waals surface area contributed by atoms with E-state index in [1.807, 2.05) is 4.90 Å². The van der Waals surface area contributed by atoms with Gasteiger partial charge in [-0.05, 0) is 62.3 Å². The van der Waals surface area contributed by atoms with Gasteiger partial charge in [0, 0.05) is 19.6 Å². The molecule has 110 valence electrons. The Morgan fingerprint density at radius 1 is 1.05 bits per heavy atom. The van der Waals surface area contributed by atoms with Gasteiger partial charge in [0.25, 0.3) is 0 Å². The van der Waals surface area contributed by atoms with E-state index < -0.39 is 0 Å². The Balaban J connectivity index is 1.83. The second-order valence-electron chi connectivity index (χ2n) is 5.91. The van der Waals surface area contributed by atoms with Crippen LogP contribution in [0.4, 0.5) is 0 Å². The number of hydrogen-bond acceptors (Lipinski definition) is 2. The Morgan fingerprint density at radius 2 is 1.70 bits per heavy atom. The van der Waals surface area contributed by atoms with Crippen LogP contribution in [-0.4, -0.2) is 30.4 Å². The molecule has 20 heavy (non-hydrogen) atoms. The molecule has 0 radical (unpaired) electrons. The van der Waals surface area contributed by atoms with Crippen molar-refractivity contribution in [2.75, 3.05) is 19.6 Å². The monoisotopic (exact) mass is 274 g/mol. The number of rotatable bonds is 4. The Labute approximate surface area is 122 Å². The Bertz CT molecular complexity index is 476. The van der Waals surface area contributed by atoms with Gasteiger partial charge >= 0.3 is 0 Å². The molecule has 1 aromatic rings. The van der Waals surface area contributed by atoms with Gasteiger partial charge in [-0.2, -0.15) is 0 Å². The summed E-state index contributed by atoms with van der Waals surface area (Å²) in [5.74, 6) is 0.242. The number of likely N-dealkylation sites (tertiary alicyclic amines) is 1. The molecular formula is C17H26N2O. The second kappa shape index (κ2) is 6.89. The molecule has 1 heterocycles. The van der Waals surface area contributed by atoms with Crippen LogP contribution in [0.2, 0.25) is 0 Å². The molecule has 3 nitrogen and oxygen atoms in total. The number of aryl methyl sites for hydroxylation is 3. The molecule has 1 aromatic carbocycles. The van der Waals surface area contributed by atoms with E-state index in [2.05, 4.69) is 38.2 Å². The number of nitrogens with one attached hydrogen (secondary N) is 1. The lowest BCUT2D eigenvalue weighted by Crippen LogP contribution is -2.41. The topological polar surface area (TPSA) is 32.3 Å². The first kappa shape index (κ1) is 15.0. The fourth-order valence-electron chi connectivity index (χ4n) is 2.77. The minimum atomic E-state index is 0.242. The lowest BCUT2D eigenvalue weighted by molar-refractivity contribution is -0.131. The molecular weight excluding hydrogens is 248 g/mol. The molecule has 0 aliphatic carbocycles. The van der Waals surface area contributed by atoms with E-state index in [0.29, 0.717) is 6.54 Å². The predicted octanol–water partition coefficient (Wildman–Crippen LogP) is 2.71. The SMILES string of the molecule is Cc1cc(C)c(CNCC(=O)N2CCCCC2)cc1C. The maximum Gasteiger partial charge on any atom is 0.236 e. The molecule has 1 fully saturated rings. The summed E-state index contributed by atoms with van der Waals surface area (Å²) in [4.78, 5) is 14.0. The summed E-state index contributed by atoms with van der Waals surface area (Å²) in [6.07, 6.45) is 3.57. The largest absolute Gasteiger partial charge is 0.342 e. The van der Waals surface area contributed by atoms with E-state index in [1.165, 1.54) is 28.7 Å². The van der Waals surface area contributed by atoms with Crippen molar-refractivity contribution in [3.63, 3.8) is 0 Å². The molecule has 0 aromatic heterocycles.